The van der Waals surface area contributed by atoms with Crippen molar-refractivity contribution < 1.29 is 4.79 Å². The summed E-state index contributed by atoms with van der Waals surface area (Å²) in [5.74, 6) is 0.219. The van der Waals surface area contributed by atoms with E-state index in [1.54, 1.807) is 11.3 Å². The van der Waals surface area contributed by atoms with E-state index in [1.807, 2.05) is 13.1 Å². The predicted molar refractivity (Wildman–Crippen MR) is 76.4 cm³/mol. The number of carbonyl (C=O) groups is 1. The third kappa shape index (κ3) is 2.75. The molecule has 0 aliphatic carbocycles. The lowest BCUT2D eigenvalue weighted by molar-refractivity contribution is 0.0620. The summed E-state index contributed by atoms with van der Waals surface area (Å²) < 4.78 is 0. The lowest BCUT2D eigenvalue weighted by atomic mass is 10.0. The summed E-state index contributed by atoms with van der Waals surface area (Å²) in [7, 11) is 1.96. The van der Waals surface area contributed by atoms with Gasteiger partial charge in [-0.3, -0.25) is 4.79 Å². The van der Waals surface area contributed by atoms with Crippen LogP contribution in [-0.2, 0) is 0 Å². The molecule has 1 aliphatic rings. The van der Waals surface area contributed by atoms with Gasteiger partial charge in [0.1, 0.15) is 0 Å². The molecule has 0 bridgehead atoms. The van der Waals surface area contributed by atoms with E-state index in [0.717, 1.165) is 30.8 Å². The van der Waals surface area contributed by atoms with Crippen molar-refractivity contribution in [3.8, 4) is 0 Å². The minimum Gasteiger partial charge on any atom is -0.334 e. The molecule has 2 rings (SSSR count). The smallest absolute Gasteiger partial charge is 0.264 e. The average Bonchev–Trinajstić information content (AvgIpc) is 2.70. The van der Waals surface area contributed by atoms with Crippen molar-refractivity contribution >= 4 is 17.2 Å². The van der Waals surface area contributed by atoms with Gasteiger partial charge >= 0.3 is 0 Å². The molecule has 2 heterocycles. The zero-order valence-electron chi connectivity index (χ0n) is 11.5. The van der Waals surface area contributed by atoms with Crippen LogP contribution in [0, 0.1) is 13.8 Å². The van der Waals surface area contributed by atoms with E-state index < -0.39 is 0 Å². The minimum atomic E-state index is 0.219. The summed E-state index contributed by atoms with van der Waals surface area (Å²) >= 11 is 1.62. The van der Waals surface area contributed by atoms with Crippen LogP contribution in [0.1, 0.15) is 39.4 Å². The van der Waals surface area contributed by atoms with Crippen LogP contribution in [-0.4, -0.2) is 37.0 Å². The molecule has 18 heavy (non-hydrogen) atoms. The number of likely N-dealkylation sites (N-methyl/N-ethyl adjacent to an activating group) is 1. The number of aryl methyl sites for hydroxylation is 2. The second kappa shape index (κ2) is 5.85. The minimum absolute atomic E-state index is 0.219. The van der Waals surface area contributed by atoms with Crippen molar-refractivity contribution in [2.75, 3.05) is 20.1 Å². The maximum atomic E-state index is 12.6. The Kier molecular flexibility index (Phi) is 4.40. The monoisotopic (exact) mass is 266 g/mol. The van der Waals surface area contributed by atoms with Crippen LogP contribution in [0.4, 0.5) is 0 Å². The quantitative estimate of drug-likeness (QED) is 0.912. The number of nitrogens with zero attached hydrogens (tertiary/aromatic N) is 1. The highest BCUT2D eigenvalue weighted by Gasteiger charge is 2.27. The lowest BCUT2D eigenvalue weighted by Gasteiger charge is -2.35. The highest BCUT2D eigenvalue weighted by molar-refractivity contribution is 7.14. The summed E-state index contributed by atoms with van der Waals surface area (Å²) in [6.07, 6.45) is 3.49. The first kappa shape index (κ1) is 13.6. The molecule has 0 spiro atoms. The SMILES string of the molecule is CNCC1CCCCN1C(=O)c1cc(C)c(C)s1. The number of thiophene rings is 1. The van der Waals surface area contributed by atoms with Gasteiger partial charge in [0.2, 0.25) is 0 Å². The van der Waals surface area contributed by atoms with Gasteiger partial charge in [-0.2, -0.15) is 0 Å². The van der Waals surface area contributed by atoms with E-state index in [4.69, 9.17) is 0 Å². The molecule has 1 N–H and O–H groups in total. The average molecular weight is 266 g/mol. The first-order chi connectivity index (χ1) is 8.63. The molecule has 1 atom stereocenters. The standard InChI is InChI=1S/C14H22N2OS/c1-10-8-13(18-11(10)2)14(17)16-7-5-4-6-12(16)9-15-3/h8,12,15H,4-7,9H2,1-3H3. The zero-order valence-corrected chi connectivity index (χ0v) is 12.3. The molecule has 1 aliphatic heterocycles. The number of nitrogens with one attached hydrogen (secondary N) is 1. The van der Waals surface area contributed by atoms with Gasteiger partial charge in [0.05, 0.1) is 4.88 Å². The van der Waals surface area contributed by atoms with Gasteiger partial charge in [-0.1, -0.05) is 0 Å². The van der Waals surface area contributed by atoms with E-state index in [0.29, 0.717) is 6.04 Å². The number of rotatable bonds is 3. The third-order valence-electron chi connectivity index (χ3n) is 3.70. The van der Waals surface area contributed by atoms with E-state index in [-0.39, 0.29) is 5.91 Å². The molecule has 0 saturated carbocycles. The zero-order chi connectivity index (χ0) is 13.1. The molecule has 1 saturated heterocycles. The van der Waals surface area contributed by atoms with Crippen LogP contribution in [0.5, 0.6) is 0 Å². The topological polar surface area (TPSA) is 32.3 Å². The van der Waals surface area contributed by atoms with Gasteiger partial charge in [-0.05, 0) is 51.8 Å². The first-order valence-corrected chi connectivity index (χ1v) is 7.47. The highest BCUT2D eigenvalue weighted by Crippen LogP contribution is 2.25. The Morgan fingerprint density at radius 2 is 2.28 bits per heavy atom. The van der Waals surface area contributed by atoms with E-state index in [2.05, 4.69) is 24.1 Å². The fourth-order valence-corrected chi connectivity index (χ4v) is 3.53. The van der Waals surface area contributed by atoms with Gasteiger partial charge in [-0.15, -0.1) is 11.3 Å². The second-order valence-electron chi connectivity index (χ2n) is 5.06. The van der Waals surface area contributed by atoms with Gasteiger partial charge in [0.25, 0.3) is 5.91 Å². The summed E-state index contributed by atoms with van der Waals surface area (Å²) in [6.45, 7) is 5.96. The second-order valence-corrected chi connectivity index (χ2v) is 6.31. The van der Waals surface area contributed by atoms with Crippen LogP contribution in [0.15, 0.2) is 6.07 Å². The highest BCUT2D eigenvalue weighted by atomic mass is 32.1. The number of hydrogen-bond donors (Lipinski definition) is 1. The molecule has 3 nitrogen and oxygen atoms in total. The van der Waals surface area contributed by atoms with Crippen molar-refractivity contribution in [2.45, 2.75) is 39.2 Å². The van der Waals surface area contributed by atoms with E-state index in [1.165, 1.54) is 16.9 Å². The predicted octanol–water partition coefficient (Wildman–Crippen LogP) is 2.58. The number of hydrogen-bond acceptors (Lipinski definition) is 3. The molecule has 1 fully saturated rings. The fraction of sp³-hybridized carbons (Fsp3) is 0.643. The van der Waals surface area contributed by atoms with Crippen molar-refractivity contribution in [3.05, 3.63) is 21.4 Å². The van der Waals surface area contributed by atoms with E-state index >= 15 is 0 Å². The molecule has 0 aromatic carbocycles. The molecule has 0 radical (unpaired) electrons. The van der Waals surface area contributed by atoms with Gasteiger partial charge in [-0.25, -0.2) is 0 Å². The van der Waals surface area contributed by atoms with Crippen LogP contribution in [0.25, 0.3) is 0 Å². The van der Waals surface area contributed by atoms with Crippen LogP contribution < -0.4 is 5.32 Å². The molecular weight excluding hydrogens is 244 g/mol. The van der Waals surface area contributed by atoms with Crippen molar-refractivity contribution in [2.24, 2.45) is 0 Å². The Labute approximate surface area is 113 Å². The number of carbonyl (C=O) groups excluding carboxylic acids is 1. The Morgan fingerprint density at radius 1 is 1.50 bits per heavy atom. The summed E-state index contributed by atoms with van der Waals surface area (Å²) in [5, 5.41) is 3.20. The normalized spacial score (nSPS) is 20.2. The molecule has 1 unspecified atom stereocenters. The summed E-state index contributed by atoms with van der Waals surface area (Å²) in [6, 6.07) is 2.40. The lowest BCUT2D eigenvalue weighted by Crippen LogP contribution is -2.47. The molecule has 100 valence electrons. The fourth-order valence-electron chi connectivity index (χ4n) is 2.54. The molecule has 1 aromatic rings. The van der Waals surface area contributed by atoms with Crippen molar-refractivity contribution in [3.63, 3.8) is 0 Å². The van der Waals surface area contributed by atoms with Gasteiger partial charge < -0.3 is 10.2 Å². The van der Waals surface area contributed by atoms with Gasteiger partial charge in [0, 0.05) is 24.0 Å². The van der Waals surface area contributed by atoms with Crippen LogP contribution >= 0.6 is 11.3 Å². The van der Waals surface area contributed by atoms with Crippen LogP contribution in [0.3, 0.4) is 0 Å². The number of piperidine rings is 1. The maximum absolute atomic E-state index is 12.6. The molecular formula is C14H22N2OS. The van der Waals surface area contributed by atoms with Gasteiger partial charge in [0.15, 0.2) is 0 Å². The van der Waals surface area contributed by atoms with Crippen molar-refractivity contribution in [1.29, 1.82) is 0 Å². The largest absolute Gasteiger partial charge is 0.334 e. The molecule has 1 aromatic heterocycles. The Balaban J connectivity index is 2.15. The van der Waals surface area contributed by atoms with E-state index in [9.17, 15) is 4.79 Å². The third-order valence-corrected chi connectivity index (χ3v) is 4.85. The molecule has 4 heteroatoms. The molecule has 1 amide bonds. The summed E-state index contributed by atoms with van der Waals surface area (Å²) in [5.41, 5.74) is 1.23. The first-order valence-electron chi connectivity index (χ1n) is 6.66. The Bertz CT molecular complexity index is 406. The number of amides is 1. The summed E-state index contributed by atoms with van der Waals surface area (Å²) in [4.78, 5) is 16.8. The van der Waals surface area contributed by atoms with Crippen molar-refractivity contribution in [1.82, 2.24) is 10.2 Å². The number of likely N-dealkylation sites (tertiary alicyclic amines) is 1. The Hall–Kier alpha value is -0.870. The Morgan fingerprint density at radius 3 is 2.89 bits per heavy atom. The maximum Gasteiger partial charge on any atom is 0.264 e. The van der Waals surface area contributed by atoms with Crippen LogP contribution in [0.2, 0.25) is 0 Å².